The molecular weight excluding hydrogens is 225 g/mol. The number of rotatable bonds is 9. The number of alkyl halides is 1. The quantitative estimate of drug-likeness (QED) is 0.569. The molecule has 1 aliphatic rings. The Balaban J connectivity index is 1.96. The van der Waals surface area contributed by atoms with Crippen molar-refractivity contribution in [2.24, 2.45) is 5.73 Å². The maximum absolute atomic E-state index is 14.4. The highest BCUT2D eigenvalue weighted by molar-refractivity contribution is 4.88. The van der Waals surface area contributed by atoms with E-state index in [4.69, 9.17) is 5.73 Å². The Morgan fingerprint density at radius 1 is 1.06 bits per heavy atom. The van der Waals surface area contributed by atoms with Crippen LogP contribution >= 0.6 is 0 Å². The number of hydrogen-bond acceptors (Lipinski definition) is 1. The van der Waals surface area contributed by atoms with Crippen molar-refractivity contribution in [1.29, 1.82) is 0 Å². The number of unbranched alkanes of at least 4 members (excludes halogenated alkanes) is 7. The zero-order valence-electron chi connectivity index (χ0n) is 12.2. The predicted molar refractivity (Wildman–Crippen MR) is 77.5 cm³/mol. The van der Waals surface area contributed by atoms with Gasteiger partial charge in [-0.25, -0.2) is 4.39 Å². The second kappa shape index (κ2) is 8.90. The molecule has 1 fully saturated rings. The molecule has 2 atom stereocenters. The van der Waals surface area contributed by atoms with E-state index in [0.717, 1.165) is 32.1 Å². The van der Waals surface area contributed by atoms with Gasteiger partial charge in [-0.2, -0.15) is 0 Å². The van der Waals surface area contributed by atoms with Gasteiger partial charge >= 0.3 is 0 Å². The Bertz CT molecular complexity index is 207. The van der Waals surface area contributed by atoms with E-state index in [1.54, 1.807) is 0 Å². The van der Waals surface area contributed by atoms with Crippen molar-refractivity contribution < 1.29 is 4.39 Å². The third-order valence-corrected chi connectivity index (χ3v) is 4.31. The van der Waals surface area contributed by atoms with Crippen molar-refractivity contribution in [2.45, 2.75) is 102 Å². The van der Waals surface area contributed by atoms with Crippen molar-refractivity contribution >= 4 is 0 Å². The molecule has 0 bridgehead atoms. The lowest BCUT2D eigenvalue weighted by molar-refractivity contribution is 0.0829. The van der Waals surface area contributed by atoms with E-state index in [-0.39, 0.29) is 6.04 Å². The van der Waals surface area contributed by atoms with Gasteiger partial charge in [0, 0.05) is 6.04 Å². The Kier molecular flexibility index (Phi) is 7.88. The van der Waals surface area contributed by atoms with Gasteiger partial charge in [0.25, 0.3) is 0 Å². The molecule has 0 amide bonds. The van der Waals surface area contributed by atoms with E-state index in [1.165, 1.54) is 44.9 Å². The Hall–Kier alpha value is -0.110. The molecule has 0 saturated heterocycles. The van der Waals surface area contributed by atoms with Crippen LogP contribution < -0.4 is 5.73 Å². The van der Waals surface area contributed by atoms with Crippen molar-refractivity contribution in [3.63, 3.8) is 0 Å². The summed E-state index contributed by atoms with van der Waals surface area (Å²) in [5.41, 5.74) is 4.94. The van der Waals surface area contributed by atoms with Gasteiger partial charge < -0.3 is 5.73 Å². The minimum absolute atomic E-state index is 0.109. The van der Waals surface area contributed by atoms with Gasteiger partial charge in [0.2, 0.25) is 0 Å². The molecule has 0 heterocycles. The standard InChI is InChI=1S/C16H32FN/c1-2-3-4-5-6-7-8-9-12-16(17)13-10-11-15(18)14-16/h15H,2-14,18H2,1H3. The second-order valence-corrected chi connectivity index (χ2v) is 6.23. The Morgan fingerprint density at radius 3 is 2.28 bits per heavy atom. The molecule has 1 saturated carbocycles. The summed E-state index contributed by atoms with van der Waals surface area (Å²) in [5, 5.41) is 0. The lowest BCUT2D eigenvalue weighted by atomic mass is 9.80. The number of nitrogens with two attached hydrogens (primary N) is 1. The molecule has 0 aromatic rings. The first kappa shape index (κ1) is 15.9. The van der Waals surface area contributed by atoms with Gasteiger partial charge in [-0.1, -0.05) is 58.3 Å². The average Bonchev–Trinajstić information content (AvgIpc) is 2.32. The zero-order valence-corrected chi connectivity index (χ0v) is 12.2. The summed E-state index contributed by atoms with van der Waals surface area (Å²) < 4.78 is 14.4. The van der Waals surface area contributed by atoms with Crippen LogP contribution in [0.2, 0.25) is 0 Å². The van der Waals surface area contributed by atoms with E-state index in [1.807, 2.05) is 0 Å². The SMILES string of the molecule is CCCCCCCCCCC1(F)CCCC(N)C1. The van der Waals surface area contributed by atoms with E-state index in [0.29, 0.717) is 6.42 Å². The summed E-state index contributed by atoms with van der Waals surface area (Å²) in [6, 6.07) is 0.109. The largest absolute Gasteiger partial charge is 0.328 e. The smallest absolute Gasteiger partial charge is 0.112 e. The van der Waals surface area contributed by atoms with Gasteiger partial charge in [0.05, 0.1) is 0 Å². The van der Waals surface area contributed by atoms with Crippen molar-refractivity contribution in [1.82, 2.24) is 0 Å². The third-order valence-electron chi connectivity index (χ3n) is 4.31. The maximum atomic E-state index is 14.4. The van der Waals surface area contributed by atoms with Crippen LogP contribution in [0, 0.1) is 0 Å². The first-order chi connectivity index (χ1) is 8.66. The van der Waals surface area contributed by atoms with Gasteiger partial charge in [-0.3, -0.25) is 0 Å². The number of hydrogen-bond donors (Lipinski definition) is 1. The molecule has 1 aliphatic carbocycles. The molecule has 2 N–H and O–H groups in total. The minimum atomic E-state index is -0.931. The van der Waals surface area contributed by atoms with Crippen LogP contribution in [-0.2, 0) is 0 Å². The monoisotopic (exact) mass is 257 g/mol. The van der Waals surface area contributed by atoms with Crippen LogP contribution in [0.5, 0.6) is 0 Å². The molecule has 0 aromatic heterocycles. The van der Waals surface area contributed by atoms with Crippen LogP contribution in [0.1, 0.15) is 90.4 Å². The topological polar surface area (TPSA) is 26.0 Å². The highest BCUT2D eigenvalue weighted by Crippen LogP contribution is 2.35. The minimum Gasteiger partial charge on any atom is -0.328 e. The third kappa shape index (κ3) is 6.72. The van der Waals surface area contributed by atoms with Gasteiger partial charge in [-0.05, 0) is 32.1 Å². The Labute approximate surface area is 113 Å². The molecule has 0 aromatic carbocycles. The highest BCUT2D eigenvalue weighted by atomic mass is 19.1. The van der Waals surface area contributed by atoms with E-state index >= 15 is 0 Å². The molecule has 1 rings (SSSR count). The summed E-state index contributed by atoms with van der Waals surface area (Å²) in [6.45, 7) is 2.25. The molecular formula is C16H32FN. The fraction of sp³-hybridized carbons (Fsp3) is 1.00. The fourth-order valence-electron chi connectivity index (χ4n) is 3.16. The van der Waals surface area contributed by atoms with Crippen molar-refractivity contribution in [2.75, 3.05) is 0 Å². The molecule has 0 radical (unpaired) electrons. The molecule has 2 unspecified atom stereocenters. The average molecular weight is 257 g/mol. The molecule has 108 valence electrons. The lowest BCUT2D eigenvalue weighted by Crippen LogP contribution is -2.37. The summed E-state index contributed by atoms with van der Waals surface area (Å²) in [7, 11) is 0. The van der Waals surface area contributed by atoms with Crippen LogP contribution in [0.3, 0.4) is 0 Å². The van der Waals surface area contributed by atoms with Gasteiger partial charge in [0.15, 0.2) is 0 Å². The summed E-state index contributed by atoms with van der Waals surface area (Å²) in [5.74, 6) is 0. The van der Waals surface area contributed by atoms with E-state index in [2.05, 4.69) is 6.92 Å². The van der Waals surface area contributed by atoms with Gasteiger partial charge in [0.1, 0.15) is 5.67 Å². The second-order valence-electron chi connectivity index (χ2n) is 6.23. The van der Waals surface area contributed by atoms with Crippen LogP contribution in [-0.4, -0.2) is 11.7 Å². The maximum Gasteiger partial charge on any atom is 0.112 e. The van der Waals surface area contributed by atoms with Crippen molar-refractivity contribution in [3.8, 4) is 0 Å². The van der Waals surface area contributed by atoms with E-state index < -0.39 is 5.67 Å². The van der Waals surface area contributed by atoms with Gasteiger partial charge in [-0.15, -0.1) is 0 Å². The van der Waals surface area contributed by atoms with Crippen LogP contribution in [0.4, 0.5) is 4.39 Å². The number of halogens is 1. The first-order valence-electron chi connectivity index (χ1n) is 8.11. The normalized spacial score (nSPS) is 28.5. The zero-order chi connectivity index (χ0) is 13.3. The molecule has 0 spiro atoms. The van der Waals surface area contributed by atoms with Crippen LogP contribution in [0.25, 0.3) is 0 Å². The first-order valence-corrected chi connectivity index (χ1v) is 8.11. The molecule has 18 heavy (non-hydrogen) atoms. The molecule has 0 aliphatic heterocycles. The predicted octanol–water partition coefficient (Wildman–Crippen LogP) is 5.13. The fourth-order valence-corrected chi connectivity index (χ4v) is 3.16. The highest BCUT2D eigenvalue weighted by Gasteiger charge is 2.34. The lowest BCUT2D eigenvalue weighted by Gasteiger charge is -2.33. The summed E-state index contributed by atoms with van der Waals surface area (Å²) in [6.07, 6.45) is 14.4. The Morgan fingerprint density at radius 2 is 1.67 bits per heavy atom. The van der Waals surface area contributed by atoms with E-state index in [9.17, 15) is 4.39 Å². The van der Waals surface area contributed by atoms with Crippen molar-refractivity contribution in [3.05, 3.63) is 0 Å². The van der Waals surface area contributed by atoms with Crippen LogP contribution in [0.15, 0.2) is 0 Å². The molecule has 1 nitrogen and oxygen atoms in total. The summed E-state index contributed by atoms with van der Waals surface area (Å²) >= 11 is 0. The summed E-state index contributed by atoms with van der Waals surface area (Å²) in [4.78, 5) is 0. The molecule has 2 heteroatoms.